The highest BCUT2D eigenvalue weighted by molar-refractivity contribution is 7.90. The van der Waals surface area contributed by atoms with Crippen LogP contribution < -0.4 is 4.72 Å². The lowest BCUT2D eigenvalue weighted by atomic mass is 10.1. The van der Waals surface area contributed by atoms with E-state index in [2.05, 4.69) is 9.71 Å². The molecule has 122 valence electrons. The van der Waals surface area contributed by atoms with Crippen LogP contribution in [0, 0.1) is 10.1 Å². The number of aromatic nitrogens is 1. The molecule has 0 bridgehead atoms. The van der Waals surface area contributed by atoms with Crippen molar-refractivity contribution >= 4 is 17.0 Å². The van der Waals surface area contributed by atoms with E-state index < -0.39 is 32.7 Å². The Labute approximate surface area is 132 Å². The van der Waals surface area contributed by atoms with Crippen molar-refractivity contribution in [1.29, 1.82) is 0 Å². The van der Waals surface area contributed by atoms with E-state index >= 15 is 0 Å². The highest BCUT2D eigenvalue weighted by Crippen LogP contribution is 2.49. The molecule has 1 N–H and O–H groups in total. The van der Waals surface area contributed by atoms with Gasteiger partial charge < -0.3 is 4.55 Å². The molecule has 6 nitrogen and oxygen atoms in total. The summed E-state index contributed by atoms with van der Waals surface area (Å²) in [4.78, 5) is 14.7. The average Bonchev–Trinajstić information content (AvgIpc) is 3.16. The van der Waals surface area contributed by atoms with Crippen LogP contribution in [0.25, 0.3) is 0 Å². The Kier molecular flexibility index (Phi) is 4.47. The van der Waals surface area contributed by atoms with E-state index in [4.69, 9.17) is 0 Å². The number of rotatable bonds is 5. The van der Waals surface area contributed by atoms with Crippen molar-refractivity contribution in [3.05, 3.63) is 33.6 Å². The predicted octanol–water partition coefficient (Wildman–Crippen LogP) is 3.06. The fourth-order valence-corrected chi connectivity index (χ4v) is 2.65. The number of nitrogens with one attached hydrogen (secondary N) is 1. The van der Waals surface area contributed by atoms with E-state index in [1.54, 1.807) is 6.92 Å². The molecule has 0 radical (unpaired) electrons. The summed E-state index contributed by atoms with van der Waals surface area (Å²) in [5, 5.41) is 11.0. The predicted molar refractivity (Wildman–Crippen MR) is 82.4 cm³/mol. The number of nitro groups is 1. The van der Waals surface area contributed by atoms with E-state index in [-0.39, 0.29) is 11.4 Å². The van der Waals surface area contributed by atoms with Crippen molar-refractivity contribution in [2.24, 2.45) is 0 Å². The quantitative estimate of drug-likeness (QED) is 0.509. The Hall–Kier alpha value is -1.25. The molecule has 2 atom stereocenters. The van der Waals surface area contributed by atoms with Crippen LogP contribution in [-0.2, 0) is 17.0 Å². The molecule has 1 heterocycles. The Bertz CT molecular complexity index is 587. The van der Waals surface area contributed by atoms with Crippen LogP contribution in [0.1, 0.15) is 58.0 Å². The monoisotopic (exact) mass is 329 g/mol. The first-order valence-electron chi connectivity index (χ1n) is 7.07. The molecule has 1 fully saturated rings. The highest BCUT2D eigenvalue weighted by Gasteiger charge is 2.47. The largest absolute Gasteiger partial charge is 0.598 e. The highest BCUT2D eigenvalue weighted by atomic mass is 32.2. The molecule has 0 aromatic carbocycles. The van der Waals surface area contributed by atoms with Gasteiger partial charge in [-0.25, -0.2) is 4.39 Å². The van der Waals surface area contributed by atoms with Crippen LogP contribution >= 0.6 is 0 Å². The molecule has 22 heavy (non-hydrogen) atoms. The number of nitrogens with zero attached hydrogens (tertiary/aromatic N) is 2. The Morgan fingerprint density at radius 1 is 1.45 bits per heavy atom. The smallest absolute Gasteiger partial charge is 0.273 e. The maximum absolute atomic E-state index is 14.2. The Morgan fingerprint density at radius 3 is 2.50 bits per heavy atom. The van der Waals surface area contributed by atoms with Crippen LogP contribution in [-0.4, -0.2) is 19.2 Å². The molecule has 1 saturated carbocycles. The topological polar surface area (TPSA) is 91.1 Å². The second kappa shape index (κ2) is 5.75. The van der Waals surface area contributed by atoms with E-state index in [9.17, 15) is 19.1 Å². The van der Waals surface area contributed by atoms with E-state index in [1.165, 1.54) is 12.1 Å². The van der Waals surface area contributed by atoms with Crippen molar-refractivity contribution in [2.75, 3.05) is 0 Å². The van der Waals surface area contributed by atoms with Crippen LogP contribution in [0.4, 0.5) is 10.1 Å². The molecular formula is C14H20FN3O3S. The van der Waals surface area contributed by atoms with Crippen molar-refractivity contribution in [3.8, 4) is 0 Å². The standard InChI is InChI=1S/C14H20FN3O3S/c1-9(17-22(21)13(2,3)4)11-7-10(18(19)20)8-12(16-11)14(15)5-6-14/h7-9,17H,5-6H2,1-4H3. The molecule has 1 aliphatic carbocycles. The summed E-state index contributed by atoms with van der Waals surface area (Å²) in [6.07, 6.45) is 0.659. The Morgan fingerprint density at radius 2 is 2.05 bits per heavy atom. The summed E-state index contributed by atoms with van der Waals surface area (Å²) in [7, 11) is 0. The minimum Gasteiger partial charge on any atom is -0.598 e. The summed E-state index contributed by atoms with van der Waals surface area (Å²) in [6, 6.07) is 2.00. The van der Waals surface area contributed by atoms with Gasteiger partial charge in [-0.15, -0.1) is 4.72 Å². The van der Waals surface area contributed by atoms with Crippen molar-refractivity contribution in [1.82, 2.24) is 9.71 Å². The number of halogens is 1. The summed E-state index contributed by atoms with van der Waals surface area (Å²) in [6.45, 7) is 7.15. The molecule has 2 rings (SSSR count). The summed E-state index contributed by atoms with van der Waals surface area (Å²) < 4.78 is 28.7. The van der Waals surface area contributed by atoms with Crippen LogP contribution in [0.5, 0.6) is 0 Å². The molecule has 2 unspecified atom stereocenters. The minimum absolute atomic E-state index is 0.0897. The third-order valence-electron chi connectivity index (χ3n) is 3.47. The van der Waals surface area contributed by atoms with Crippen LogP contribution in [0.2, 0.25) is 0 Å². The van der Waals surface area contributed by atoms with E-state index in [1.807, 2.05) is 20.8 Å². The number of hydrogen-bond acceptors (Lipinski definition) is 5. The van der Waals surface area contributed by atoms with Gasteiger partial charge in [0, 0.05) is 23.5 Å². The second-order valence-corrected chi connectivity index (χ2v) is 8.58. The lowest BCUT2D eigenvalue weighted by Crippen LogP contribution is -2.40. The molecule has 1 aromatic rings. The zero-order chi connectivity index (χ0) is 16.7. The zero-order valence-corrected chi connectivity index (χ0v) is 13.9. The summed E-state index contributed by atoms with van der Waals surface area (Å²) in [5.74, 6) is 0. The van der Waals surface area contributed by atoms with Gasteiger partial charge in [0.25, 0.3) is 5.69 Å². The van der Waals surface area contributed by atoms with Gasteiger partial charge in [0.1, 0.15) is 4.75 Å². The fourth-order valence-electron chi connectivity index (χ4n) is 1.86. The van der Waals surface area contributed by atoms with E-state index in [0.717, 1.165) is 0 Å². The van der Waals surface area contributed by atoms with E-state index in [0.29, 0.717) is 18.5 Å². The van der Waals surface area contributed by atoms with Crippen molar-refractivity contribution < 1.29 is 13.9 Å². The first-order valence-corrected chi connectivity index (χ1v) is 8.22. The second-order valence-electron chi connectivity index (χ2n) is 6.58. The lowest BCUT2D eigenvalue weighted by Gasteiger charge is -2.26. The molecule has 0 saturated heterocycles. The first kappa shape index (κ1) is 17.1. The average molecular weight is 329 g/mol. The normalized spacial score (nSPS) is 19.5. The Balaban J connectivity index is 2.29. The van der Waals surface area contributed by atoms with Crippen LogP contribution in [0.3, 0.4) is 0 Å². The van der Waals surface area contributed by atoms with Gasteiger partial charge in [0.15, 0.2) is 5.67 Å². The summed E-state index contributed by atoms with van der Waals surface area (Å²) >= 11 is -1.35. The summed E-state index contributed by atoms with van der Waals surface area (Å²) in [5.41, 5.74) is -1.33. The van der Waals surface area contributed by atoms with Crippen molar-refractivity contribution in [3.63, 3.8) is 0 Å². The maximum atomic E-state index is 14.2. The SMILES string of the molecule is CC(N[S+]([O-])C(C)(C)C)c1cc([N+](=O)[O-])cc(C2(F)CC2)n1. The number of hydrogen-bond donors (Lipinski definition) is 1. The van der Waals surface area contributed by atoms with Gasteiger partial charge in [-0.2, -0.15) is 0 Å². The third kappa shape index (κ3) is 3.74. The van der Waals surface area contributed by atoms with Gasteiger partial charge in [0.05, 0.1) is 22.4 Å². The molecule has 1 aliphatic rings. The molecule has 1 aromatic heterocycles. The zero-order valence-electron chi connectivity index (χ0n) is 13.1. The van der Waals surface area contributed by atoms with Crippen molar-refractivity contribution in [2.45, 2.75) is 57.0 Å². The number of pyridine rings is 1. The number of alkyl halides is 1. The van der Waals surface area contributed by atoms with Crippen LogP contribution in [0.15, 0.2) is 12.1 Å². The van der Waals surface area contributed by atoms with Gasteiger partial charge in [-0.1, -0.05) is 0 Å². The fraction of sp³-hybridized carbons (Fsp3) is 0.643. The lowest BCUT2D eigenvalue weighted by molar-refractivity contribution is -0.385. The maximum Gasteiger partial charge on any atom is 0.273 e. The molecule has 0 amide bonds. The van der Waals surface area contributed by atoms with Gasteiger partial charge in [-0.05, 0) is 40.5 Å². The minimum atomic E-state index is -1.55. The molecular weight excluding hydrogens is 309 g/mol. The molecule has 8 heteroatoms. The van der Waals surface area contributed by atoms with Gasteiger partial charge >= 0.3 is 0 Å². The molecule has 0 aliphatic heterocycles. The van der Waals surface area contributed by atoms with Gasteiger partial charge in [-0.3, -0.25) is 15.1 Å². The third-order valence-corrected chi connectivity index (χ3v) is 5.15. The first-order chi connectivity index (χ1) is 10.0. The molecule has 0 spiro atoms. The van der Waals surface area contributed by atoms with Gasteiger partial charge in [0.2, 0.25) is 0 Å².